The second-order valence-electron chi connectivity index (χ2n) is 2.62. The summed E-state index contributed by atoms with van der Waals surface area (Å²) in [6.45, 7) is 6.27. The van der Waals surface area contributed by atoms with Crippen LogP contribution in [-0.2, 0) is 14.3 Å². The molecule has 0 radical (unpaired) electrons. The molecule has 0 fully saturated rings. The van der Waals surface area contributed by atoms with Gasteiger partial charge >= 0.3 is 5.97 Å². The van der Waals surface area contributed by atoms with E-state index in [1.807, 2.05) is 0 Å². The van der Waals surface area contributed by atoms with E-state index in [2.05, 4.69) is 6.58 Å². The van der Waals surface area contributed by atoms with Crippen LogP contribution in [-0.4, -0.2) is 26.3 Å². The first-order chi connectivity index (χ1) is 5.68. The van der Waals surface area contributed by atoms with Crippen molar-refractivity contribution >= 4 is 5.97 Å². The molecule has 3 heteroatoms. The van der Waals surface area contributed by atoms with Crippen LogP contribution in [0.1, 0.15) is 19.8 Å². The van der Waals surface area contributed by atoms with Crippen LogP contribution in [0, 0.1) is 0 Å². The molecule has 70 valence electrons. The smallest absolute Gasteiger partial charge is 0.333 e. The number of esters is 1. The summed E-state index contributed by atoms with van der Waals surface area (Å²) in [6, 6.07) is 0. The summed E-state index contributed by atoms with van der Waals surface area (Å²) in [5.74, 6) is -0.313. The molecule has 12 heavy (non-hydrogen) atoms. The number of carbonyl (C=O) groups is 1. The minimum atomic E-state index is -0.313. The monoisotopic (exact) mass is 172 g/mol. The lowest BCUT2D eigenvalue weighted by atomic mass is 10.3. The van der Waals surface area contributed by atoms with Gasteiger partial charge < -0.3 is 9.47 Å². The van der Waals surface area contributed by atoms with Crippen LogP contribution in [0.4, 0.5) is 0 Å². The summed E-state index contributed by atoms with van der Waals surface area (Å²) >= 11 is 0. The number of rotatable bonds is 6. The van der Waals surface area contributed by atoms with Gasteiger partial charge in [-0.2, -0.15) is 0 Å². The van der Waals surface area contributed by atoms with Crippen molar-refractivity contribution in [1.82, 2.24) is 0 Å². The Morgan fingerprint density at radius 1 is 1.33 bits per heavy atom. The zero-order valence-electron chi connectivity index (χ0n) is 7.76. The van der Waals surface area contributed by atoms with Crippen molar-refractivity contribution in [1.29, 1.82) is 0 Å². The second kappa shape index (κ2) is 6.85. The van der Waals surface area contributed by atoms with E-state index in [9.17, 15) is 4.79 Å². The molecule has 0 spiro atoms. The predicted octanol–water partition coefficient (Wildman–Crippen LogP) is 1.53. The summed E-state index contributed by atoms with van der Waals surface area (Å²) in [4.78, 5) is 10.8. The SMILES string of the molecule is C=C(C)C(=O)OCCCCOC. The van der Waals surface area contributed by atoms with Gasteiger partial charge in [0.1, 0.15) is 0 Å². The van der Waals surface area contributed by atoms with Gasteiger partial charge in [0.2, 0.25) is 0 Å². The highest BCUT2D eigenvalue weighted by atomic mass is 16.5. The van der Waals surface area contributed by atoms with Crippen LogP contribution in [0.5, 0.6) is 0 Å². The van der Waals surface area contributed by atoms with Crippen LogP contribution in [0.25, 0.3) is 0 Å². The van der Waals surface area contributed by atoms with Gasteiger partial charge in [0.15, 0.2) is 0 Å². The minimum absolute atomic E-state index is 0.313. The standard InChI is InChI=1S/C9H16O3/c1-8(2)9(10)12-7-5-4-6-11-3/h1,4-7H2,2-3H3. The number of ether oxygens (including phenoxy) is 2. The number of hydrogen-bond donors (Lipinski definition) is 0. The van der Waals surface area contributed by atoms with E-state index in [0.717, 1.165) is 12.8 Å². The highest BCUT2D eigenvalue weighted by molar-refractivity contribution is 5.86. The van der Waals surface area contributed by atoms with E-state index in [1.54, 1.807) is 14.0 Å². The first-order valence-electron chi connectivity index (χ1n) is 4.00. The molecular weight excluding hydrogens is 156 g/mol. The van der Waals surface area contributed by atoms with Crippen molar-refractivity contribution in [2.75, 3.05) is 20.3 Å². The van der Waals surface area contributed by atoms with Gasteiger partial charge in [-0.3, -0.25) is 0 Å². The van der Waals surface area contributed by atoms with Crippen LogP contribution >= 0.6 is 0 Å². The van der Waals surface area contributed by atoms with Gasteiger partial charge in [-0.25, -0.2) is 4.79 Å². The van der Waals surface area contributed by atoms with Crippen LogP contribution < -0.4 is 0 Å². The van der Waals surface area contributed by atoms with Crippen molar-refractivity contribution in [2.45, 2.75) is 19.8 Å². The van der Waals surface area contributed by atoms with Crippen LogP contribution in [0.2, 0.25) is 0 Å². The molecule has 0 saturated carbocycles. The molecule has 0 amide bonds. The Balaban J connectivity index is 3.20. The lowest BCUT2D eigenvalue weighted by molar-refractivity contribution is -0.139. The highest BCUT2D eigenvalue weighted by Crippen LogP contribution is 1.95. The van der Waals surface area contributed by atoms with Crippen molar-refractivity contribution in [3.63, 3.8) is 0 Å². The number of hydrogen-bond acceptors (Lipinski definition) is 3. The van der Waals surface area contributed by atoms with Gasteiger partial charge in [0.05, 0.1) is 6.61 Å². The zero-order valence-corrected chi connectivity index (χ0v) is 7.76. The molecular formula is C9H16O3. The molecule has 0 aliphatic heterocycles. The molecule has 0 rings (SSSR count). The fourth-order valence-corrected chi connectivity index (χ4v) is 0.637. The maximum atomic E-state index is 10.8. The maximum Gasteiger partial charge on any atom is 0.333 e. The van der Waals surface area contributed by atoms with Gasteiger partial charge in [-0.05, 0) is 19.8 Å². The summed E-state index contributed by atoms with van der Waals surface area (Å²) < 4.78 is 9.69. The molecule has 0 aliphatic rings. The van der Waals surface area contributed by atoms with Gasteiger partial charge in [0.25, 0.3) is 0 Å². The van der Waals surface area contributed by atoms with E-state index < -0.39 is 0 Å². The molecule has 3 nitrogen and oxygen atoms in total. The van der Waals surface area contributed by atoms with E-state index >= 15 is 0 Å². The average Bonchev–Trinajstić information content (AvgIpc) is 2.03. The fraction of sp³-hybridized carbons (Fsp3) is 0.667. The fourth-order valence-electron chi connectivity index (χ4n) is 0.637. The molecule has 0 atom stereocenters. The number of methoxy groups -OCH3 is 1. The molecule has 0 unspecified atom stereocenters. The Kier molecular flexibility index (Phi) is 6.38. The summed E-state index contributed by atoms with van der Waals surface area (Å²) in [5, 5.41) is 0. The van der Waals surface area contributed by atoms with E-state index in [-0.39, 0.29) is 5.97 Å². The molecule has 0 aliphatic carbocycles. The quantitative estimate of drug-likeness (QED) is 0.346. The Morgan fingerprint density at radius 3 is 2.42 bits per heavy atom. The largest absolute Gasteiger partial charge is 0.462 e. The molecule has 0 aromatic heterocycles. The Hall–Kier alpha value is -0.830. The molecule has 0 N–H and O–H groups in total. The maximum absolute atomic E-state index is 10.8. The van der Waals surface area contributed by atoms with E-state index in [4.69, 9.17) is 9.47 Å². The molecule has 0 aromatic carbocycles. The Labute approximate surface area is 73.4 Å². The first kappa shape index (κ1) is 11.2. The first-order valence-corrected chi connectivity index (χ1v) is 4.00. The highest BCUT2D eigenvalue weighted by Gasteiger charge is 2.01. The van der Waals surface area contributed by atoms with Crippen molar-refractivity contribution in [3.8, 4) is 0 Å². The minimum Gasteiger partial charge on any atom is -0.462 e. The van der Waals surface area contributed by atoms with Crippen LogP contribution in [0.3, 0.4) is 0 Å². The lowest BCUT2D eigenvalue weighted by Crippen LogP contribution is -2.06. The molecule has 0 saturated heterocycles. The van der Waals surface area contributed by atoms with Gasteiger partial charge in [0, 0.05) is 19.3 Å². The van der Waals surface area contributed by atoms with E-state index in [0.29, 0.717) is 18.8 Å². The summed E-state index contributed by atoms with van der Waals surface area (Å²) in [5.41, 5.74) is 0.446. The molecule has 0 aromatic rings. The third kappa shape index (κ3) is 5.92. The van der Waals surface area contributed by atoms with Crippen LogP contribution in [0.15, 0.2) is 12.2 Å². The Morgan fingerprint density at radius 2 is 1.92 bits per heavy atom. The average molecular weight is 172 g/mol. The van der Waals surface area contributed by atoms with Crippen molar-refractivity contribution in [2.24, 2.45) is 0 Å². The van der Waals surface area contributed by atoms with Crippen molar-refractivity contribution in [3.05, 3.63) is 12.2 Å². The van der Waals surface area contributed by atoms with E-state index in [1.165, 1.54) is 0 Å². The summed E-state index contributed by atoms with van der Waals surface area (Å²) in [7, 11) is 1.65. The van der Waals surface area contributed by atoms with Gasteiger partial charge in [-0.15, -0.1) is 0 Å². The zero-order chi connectivity index (χ0) is 9.40. The third-order valence-corrected chi connectivity index (χ3v) is 1.32. The Bertz CT molecular complexity index is 152. The van der Waals surface area contributed by atoms with Crippen molar-refractivity contribution < 1.29 is 14.3 Å². The molecule has 0 heterocycles. The predicted molar refractivity (Wildman–Crippen MR) is 46.9 cm³/mol. The second-order valence-corrected chi connectivity index (χ2v) is 2.62. The summed E-state index contributed by atoms with van der Waals surface area (Å²) in [6.07, 6.45) is 1.76. The number of carbonyl (C=O) groups excluding carboxylic acids is 1. The lowest BCUT2D eigenvalue weighted by Gasteiger charge is -2.03. The molecule has 0 bridgehead atoms. The normalized spacial score (nSPS) is 9.50. The van der Waals surface area contributed by atoms with Gasteiger partial charge in [-0.1, -0.05) is 6.58 Å². The number of unbranched alkanes of at least 4 members (excludes halogenated alkanes) is 1. The third-order valence-electron chi connectivity index (χ3n) is 1.32. The topological polar surface area (TPSA) is 35.5 Å².